The van der Waals surface area contributed by atoms with Crippen LogP contribution in [0.25, 0.3) is 0 Å². The first-order valence-corrected chi connectivity index (χ1v) is 7.44. The van der Waals surface area contributed by atoms with Crippen molar-refractivity contribution in [1.29, 1.82) is 0 Å². The van der Waals surface area contributed by atoms with E-state index < -0.39 is 0 Å². The predicted molar refractivity (Wildman–Crippen MR) is 83.3 cm³/mol. The Kier molecular flexibility index (Phi) is 5.15. The third-order valence-corrected chi connectivity index (χ3v) is 4.05. The van der Waals surface area contributed by atoms with Gasteiger partial charge in [-0.2, -0.15) is 11.3 Å². The zero-order valence-electron chi connectivity index (χ0n) is 11.4. The number of thiophene rings is 1. The van der Waals surface area contributed by atoms with Gasteiger partial charge < -0.3 is 16.3 Å². The molecule has 2 unspecified atom stereocenters. The van der Waals surface area contributed by atoms with Gasteiger partial charge in [0.1, 0.15) is 5.84 Å². The third kappa shape index (κ3) is 3.59. The molecule has 0 fully saturated rings. The fourth-order valence-electron chi connectivity index (χ4n) is 2.08. The van der Waals surface area contributed by atoms with Gasteiger partial charge in [-0.3, -0.25) is 0 Å². The highest BCUT2D eigenvalue weighted by atomic mass is 32.1. The molecule has 0 aliphatic heterocycles. The number of nitrogens with two attached hydrogens (primary N) is 1. The van der Waals surface area contributed by atoms with Gasteiger partial charge in [0.25, 0.3) is 0 Å². The van der Waals surface area contributed by atoms with Gasteiger partial charge in [0.2, 0.25) is 0 Å². The second kappa shape index (κ2) is 7.07. The maximum atomic E-state index is 8.95. The average molecular weight is 289 g/mol. The lowest BCUT2D eigenvalue weighted by atomic mass is 9.97. The SMILES string of the molecule is CC(NCC(C(N)=NO)c1ccccc1)c1ccsc1. The number of nitrogens with zero attached hydrogens (tertiary/aromatic N) is 1. The van der Waals surface area contributed by atoms with Crippen LogP contribution in [0.5, 0.6) is 0 Å². The molecule has 4 nitrogen and oxygen atoms in total. The topological polar surface area (TPSA) is 70.6 Å². The first kappa shape index (κ1) is 14.6. The highest BCUT2D eigenvalue weighted by molar-refractivity contribution is 7.07. The summed E-state index contributed by atoms with van der Waals surface area (Å²) in [5.41, 5.74) is 8.10. The summed E-state index contributed by atoms with van der Waals surface area (Å²) in [6.45, 7) is 2.73. The minimum atomic E-state index is -0.137. The molecule has 0 aliphatic carbocycles. The summed E-state index contributed by atoms with van der Waals surface area (Å²) in [5, 5.41) is 19.7. The molecule has 2 aromatic rings. The quantitative estimate of drug-likeness (QED) is 0.331. The van der Waals surface area contributed by atoms with Crippen LogP contribution < -0.4 is 11.1 Å². The molecule has 2 atom stereocenters. The van der Waals surface area contributed by atoms with E-state index in [1.165, 1.54) is 5.56 Å². The Hall–Kier alpha value is -1.85. The van der Waals surface area contributed by atoms with Gasteiger partial charge in [0, 0.05) is 12.6 Å². The van der Waals surface area contributed by atoms with Gasteiger partial charge in [0.05, 0.1) is 5.92 Å². The lowest BCUT2D eigenvalue weighted by Gasteiger charge is -2.20. The summed E-state index contributed by atoms with van der Waals surface area (Å²) in [7, 11) is 0. The Balaban J connectivity index is 2.06. The molecule has 1 aromatic carbocycles. The van der Waals surface area contributed by atoms with E-state index in [-0.39, 0.29) is 17.8 Å². The first-order valence-electron chi connectivity index (χ1n) is 6.50. The van der Waals surface area contributed by atoms with Gasteiger partial charge in [-0.25, -0.2) is 0 Å². The number of rotatable bonds is 6. The largest absolute Gasteiger partial charge is 0.409 e. The maximum Gasteiger partial charge on any atom is 0.147 e. The van der Waals surface area contributed by atoms with Crippen molar-refractivity contribution in [2.75, 3.05) is 6.54 Å². The summed E-state index contributed by atoms with van der Waals surface area (Å²) >= 11 is 1.68. The minimum Gasteiger partial charge on any atom is -0.409 e. The summed E-state index contributed by atoms with van der Waals surface area (Å²) in [4.78, 5) is 0. The van der Waals surface area contributed by atoms with Gasteiger partial charge in [-0.15, -0.1) is 0 Å². The van der Waals surface area contributed by atoms with Gasteiger partial charge in [0.15, 0.2) is 0 Å². The van der Waals surface area contributed by atoms with E-state index in [2.05, 4.69) is 34.2 Å². The standard InChI is InChI=1S/C15H19N3OS/c1-11(13-7-8-20-10-13)17-9-14(15(16)18-19)12-5-3-2-4-6-12/h2-8,10-11,14,17,19H,9H2,1H3,(H2,16,18). The van der Waals surface area contributed by atoms with Crippen molar-refractivity contribution >= 4 is 17.2 Å². The fourth-order valence-corrected chi connectivity index (χ4v) is 2.84. The van der Waals surface area contributed by atoms with Crippen LogP contribution in [-0.2, 0) is 0 Å². The predicted octanol–water partition coefficient (Wildman–Crippen LogP) is 2.93. The normalized spacial score (nSPS) is 14.9. The van der Waals surface area contributed by atoms with Crippen LogP contribution in [0.4, 0.5) is 0 Å². The van der Waals surface area contributed by atoms with Crippen LogP contribution in [-0.4, -0.2) is 17.6 Å². The molecule has 0 saturated carbocycles. The second-order valence-electron chi connectivity index (χ2n) is 4.67. The maximum absolute atomic E-state index is 8.95. The molecule has 0 bridgehead atoms. The molecule has 1 heterocycles. The van der Waals surface area contributed by atoms with Crippen molar-refractivity contribution in [1.82, 2.24) is 5.32 Å². The van der Waals surface area contributed by atoms with Crippen LogP contribution in [0.15, 0.2) is 52.3 Å². The summed E-state index contributed by atoms with van der Waals surface area (Å²) in [5.74, 6) is 0.0866. The monoisotopic (exact) mass is 289 g/mol. The Morgan fingerprint density at radius 3 is 2.65 bits per heavy atom. The third-order valence-electron chi connectivity index (χ3n) is 3.35. The molecule has 20 heavy (non-hydrogen) atoms. The molecule has 106 valence electrons. The van der Waals surface area contributed by atoms with Gasteiger partial charge >= 0.3 is 0 Å². The van der Waals surface area contributed by atoms with Crippen molar-refractivity contribution < 1.29 is 5.21 Å². The van der Waals surface area contributed by atoms with Crippen LogP contribution in [0.2, 0.25) is 0 Å². The van der Waals surface area contributed by atoms with Crippen LogP contribution >= 0.6 is 11.3 Å². The number of benzene rings is 1. The molecule has 5 heteroatoms. The molecular weight excluding hydrogens is 270 g/mol. The first-order chi connectivity index (χ1) is 9.72. The molecule has 0 aliphatic rings. The van der Waals surface area contributed by atoms with E-state index in [4.69, 9.17) is 10.9 Å². The summed E-state index contributed by atoms with van der Waals surface area (Å²) < 4.78 is 0. The van der Waals surface area contributed by atoms with Crippen molar-refractivity contribution in [2.45, 2.75) is 18.9 Å². The Bertz CT molecular complexity index is 540. The van der Waals surface area contributed by atoms with Crippen LogP contribution in [0.3, 0.4) is 0 Å². The number of amidine groups is 1. The van der Waals surface area contributed by atoms with Crippen LogP contribution in [0.1, 0.15) is 30.0 Å². The molecular formula is C15H19N3OS. The molecule has 0 saturated heterocycles. The van der Waals surface area contributed by atoms with E-state index >= 15 is 0 Å². The zero-order chi connectivity index (χ0) is 14.4. The summed E-state index contributed by atoms with van der Waals surface area (Å²) in [6, 6.07) is 12.2. The van der Waals surface area contributed by atoms with Gasteiger partial charge in [-0.1, -0.05) is 35.5 Å². The Morgan fingerprint density at radius 1 is 1.30 bits per heavy atom. The highest BCUT2D eigenvalue weighted by Gasteiger charge is 2.17. The molecule has 2 rings (SSSR count). The molecule has 4 N–H and O–H groups in total. The number of hydrogen-bond donors (Lipinski definition) is 3. The minimum absolute atomic E-state index is 0.137. The number of oxime groups is 1. The molecule has 1 aromatic heterocycles. The number of hydrogen-bond acceptors (Lipinski definition) is 4. The van der Waals surface area contributed by atoms with Crippen molar-refractivity contribution in [3.05, 3.63) is 58.3 Å². The van der Waals surface area contributed by atoms with Crippen LogP contribution in [0, 0.1) is 0 Å². The average Bonchev–Trinajstić information content (AvgIpc) is 3.02. The van der Waals surface area contributed by atoms with E-state index in [1.54, 1.807) is 11.3 Å². The van der Waals surface area contributed by atoms with Crippen molar-refractivity contribution in [3.63, 3.8) is 0 Å². The van der Waals surface area contributed by atoms with E-state index in [0.717, 1.165) is 5.56 Å². The molecule has 0 radical (unpaired) electrons. The summed E-state index contributed by atoms with van der Waals surface area (Å²) in [6.07, 6.45) is 0. The highest BCUT2D eigenvalue weighted by Crippen LogP contribution is 2.19. The van der Waals surface area contributed by atoms with E-state index in [9.17, 15) is 0 Å². The fraction of sp³-hybridized carbons (Fsp3) is 0.267. The van der Waals surface area contributed by atoms with Crippen molar-refractivity contribution in [2.24, 2.45) is 10.9 Å². The molecule has 0 amide bonds. The van der Waals surface area contributed by atoms with E-state index in [1.807, 2.05) is 30.3 Å². The van der Waals surface area contributed by atoms with Gasteiger partial charge in [-0.05, 0) is 34.9 Å². The smallest absolute Gasteiger partial charge is 0.147 e. The molecule has 0 spiro atoms. The second-order valence-corrected chi connectivity index (χ2v) is 5.45. The van der Waals surface area contributed by atoms with Crippen molar-refractivity contribution in [3.8, 4) is 0 Å². The number of nitrogens with one attached hydrogen (secondary N) is 1. The zero-order valence-corrected chi connectivity index (χ0v) is 12.2. The lowest BCUT2D eigenvalue weighted by Crippen LogP contribution is -2.32. The lowest BCUT2D eigenvalue weighted by molar-refractivity contribution is 0.315. The van der Waals surface area contributed by atoms with E-state index in [0.29, 0.717) is 6.54 Å². The Labute approximate surface area is 122 Å². The Morgan fingerprint density at radius 2 is 2.05 bits per heavy atom.